The number of hydrogen-bond donors (Lipinski definition) is 1. The van der Waals surface area contributed by atoms with Crippen LogP contribution in [0.2, 0.25) is 0 Å². The van der Waals surface area contributed by atoms with Crippen molar-refractivity contribution in [3.63, 3.8) is 0 Å². The van der Waals surface area contributed by atoms with Crippen LogP contribution >= 0.6 is 0 Å². The molecule has 0 radical (unpaired) electrons. The third-order valence-electron chi connectivity index (χ3n) is 2.53. The van der Waals surface area contributed by atoms with Gasteiger partial charge >= 0.3 is 0 Å². The van der Waals surface area contributed by atoms with Crippen molar-refractivity contribution in [1.29, 1.82) is 0 Å². The summed E-state index contributed by atoms with van der Waals surface area (Å²) in [4.78, 5) is 0. The Morgan fingerprint density at radius 2 is 2.10 bits per heavy atom. The Hall–Kier alpha value is -0.0800. The van der Waals surface area contributed by atoms with E-state index >= 15 is 0 Å². The van der Waals surface area contributed by atoms with Gasteiger partial charge in [-0.15, -0.1) is 0 Å². The van der Waals surface area contributed by atoms with E-state index in [1.54, 1.807) is 0 Å². The Labute approximate surface area is 62.7 Å². The lowest BCUT2D eigenvalue weighted by Crippen LogP contribution is -2.40. The summed E-state index contributed by atoms with van der Waals surface area (Å²) in [6.45, 7) is 7.21. The van der Waals surface area contributed by atoms with E-state index in [-0.39, 0.29) is 0 Å². The van der Waals surface area contributed by atoms with E-state index in [0.717, 1.165) is 32.1 Å². The predicted molar refractivity (Wildman–Crippen MR) is 41.8 cm³/mol. The second-order valence-corrected chi connectivity index (χ2v) is 3.76. The van der Waals surface area contributed by atoms with E-state index in [1.807, 2.05) is 0 Å². The predicted octanol–water partition coefficient (Wildman–Crippen LogP) is 1.01. The van der Waals surface area contributed by atoms with Gasteiger partial charge in [-0.1, -0.05) is 13.8 Å². The van der Waals surface area contributed by atoms with Crippen LogP contribution in [0.4, 0.5) is 0 Å². The van der Waals surface area contributed by atoms with Gasteiger partial charge in [-0.05, 0) is 18.4 Å². The van der Waals surface area contributed by atoms with Crippen LogP contribution in [0.5, 0.6) is 0 Å². The van der Waals surface area contributed by atoms with Gasteiger partial charge in [-0.3, -0.25) is 0 Å². The molecular weight excluding hydrogens is 126 g/mol. The molecule has 1 fully saturated rings. The molecule has 1 saturated heterocycles. The lowest BCUT2D eigenvalue weighted by atomic mass is 9.75. The highest BCUT2D eigenvalue weighted by Crippen LogP contribution is 2.34. The molecule has 2 nitrogen and oxygen atoms in total. The molecule has 0 aromatic heterocycles. The Bertz CT molecular complexity index is 108. The second kappa shape index (κ2) is 2.89. The molecule has 0 amide bonds. The fourth-order valence-corrected chi connectivity index (χ4v) is 1.26. The van der Waals surface area contributed by atoms with Crippen molar-refractivity contribution in [2.24, 2.45) is 17.1 Å². The molecule has 0 aromatic rings. The molecule has 60 valence electrons. The first-order valence-electron chi connectivity index (χ1n) is 3.94. The van der Waals surface area contributed by atoms with E-state index < -0.39 is 0 Å². The summed E-state index contributed by atoms with van der Waals surface area (Å²) in [7, 11) is 0. The number of rotatable bonds is 3. The van der Waals surface area contributed by atoms with Crippen LogP contribution in [-0.2, 0) is 4.74 Å². The summed E-state index contributed by atoms with van der Waals surface area (Å²) in [5.41, 5.74) is 5.89. The molecule has 0 spiro atoms. The molecule has 1 aliphatic heterocycles. The Morgan fingerprint density at radius 1 is 1.50 bits per heavy atom. The van der Waals surface area contributed by atoms with E-state index in [9.17, 15) is 0 Å². The van der Waals surface area contributed by atoms with E-state index in [0.29, 0.717) is 5.41 Å². The van der Waals surface area contributed by atoms with Gasteiger partial charge in [0.25, 0.3) is 0 Å². The molecule has 1 heterocycles. The van der Waals surface area contributed by atoms with Crippen LogP contribution in [0.3, 0.4) is 0 Å². The van der Waals surface area contributed by atoms with Crippen LogP contribution in [0.15, 0.2) is 0 Å². The average molecular weight is 143 g/mol. The minimum absolute atomic E-state index is 0.396. The van der Waals surface area contributed by atoms with Crippen LogP contribution in [-0.4, -0.2) is 19.8 Å². The topological polar surface area (TPSA) is 35.2 Å². The first-order chi connectivity index (χ1) is 4.67. The van der Waals surface area contributed by atoms with Crippen molar-refractivity contribution < 1.29 is 4.74 Å². The Kier molecular flexibility index (Phi) is 2.32. The largest absolute Gasteiger partial charge is 0.381 e. The van der Waals surface area contributed by atoms with Crippen LogP contribution < -0.4 is 5.73 Å². The van der Waals surface area contributed by atoms with Crippen LogP contribution in [0.1, 0.15) is 20.3 Å². The van der Waals surface area contributed by atoms with Gasteiger partial charge in [0.05, 0.1) is 13.2 Å². The molecule has 2 N–H and O–H groups in total. The second-order valence-electron chi connectivity index (χ2n) is 3.76. The van der Waals surface area contributed by atoms with E-state index in [4.69, 9.17) is 10.5 Å². The molecule has 1 aliphatic rings. The molecule has 10 heavy (non-hydrogen) atoms. The van der Waals surface area contributed by atoms with E-state index in [1.165, 1.54) is 0 Å². The van der Waals surface area contributed by atoms with Gasteiger partial charge in [-0.2, -0.15) is 0 Å². The molecule has 0 aromatic carbocycles. The molecular formula is C8H17NO. The summed E-state index contributed by atoms with van der Waals surface area (Å²) in [5.74, 6) is 0.746. The molecule has 2 heteroatoms. The highest BCUT2D eigenvalue weighted by atomic mass is 16.5. The zero-order valence-corrected chi connectivity index (χ0v) is 6.89. The zero-order valence-electron chi connectivity index (χ0n) is 6.89. The fourth-order valence-electron chi connectivity index (χ4n) is 1.26. The van der Waals surface area contributed by atoms with Crippen LogP contribution in [0.25, 0.3) is 0 Å². The maximum Gasteiger partial charge on any atom is 0.0521 e. The highest BCUT2D eigenvalue weighted by Gasteiger charge is 2.33. The van der Waals surface area contributed by atoms with Crippen molar-refractivity contribution in [2.75, 3.05) is 19.8 Å². The summed E-state index contributed by atoms with van der Waals surface area (Å²) in [6, 6.07) is 0. The minimum Gasteiger partial charge on any atom is -0.381 e. The monoisotopic (exact) mass is 143 g/mol. The van der Waals surface area contributed by atoms with Gasteiger partial charge < -0.3 is 10.5 Å². The normalized spacial score (nSPS) is 20.7. The van der Waals surface area contributed by atoms with E-state index in [2.05, 4.69) is 13.8 Å². The Morgan fingerprint density at radius 3 is 2.40 bits per heavy atom. The summed E-state index contributed by atoms with van der Waals surface area (Å²) < 4.78 is 5.13. The van der Waals surface area contributed by atoms with Crippen LogP contribution in [0, 0.1) is 11.3 Å². The maximum atomic E-state index is 5.49. The quantitative estimate of drug-likeness (QED) is 0.640. The maximum absolute atomic E-state index is 5.49. The SMILES string of the molecule is CC(C)(CCN)C1COC1. The lowest BCUT2D eigenvalue weighted by molar-refractivity contribution is -0.0894. The number of ether oxygens (including phenoxy) is 1. The standard InChI is InChI=1S/C8H17NO/c1-8(2,3-4-9)7-5-10-6-7/h7H,3-6,9H2,1-2H3. The smallest absolute Gasteiger partial charge is 0.0521 e. The highest BCUT2D eigenvalue weighted by molar-refractivity contribution is 4.82. The Balaban J connectivity index is 2.33. The summed E-state index contributed by atoms with van der Waals surface area (Å²) >= 11 is 0. The van der Waals surface area contributed by atoms with Gasteiger partial charge in [0, 0.05) is 5.92 Å². The third-order valence-corrected chi connectivity index (χ3v) is 2.53. The van der Waals surface area contributed by atoms with Gasteiger partial charge in [0.1, 0.15) is 0 Å². The summed E-state index contributed by atoms with van der Waals surface area (Å²) in [5, 5.41) is 0. The van der Waals surface area contributed by atoms with Gasteiger partial charge in [0.2, 0.25) is 0 Å². The lowest BCUT2D eigenvalue weighted by Gasteiger charge is -2.39. The molecule has 0 saturated carbocycles. The average Bonchev–Trinajstić information content (AvgIpc) is 1.56. The van der Waals surface area contributed by atoms with Crippen molar-refractivity contribution in [2.45, 2.75) is 20.3 Å². The van der Waals surface area contributed by atoms with Crippen molar-refractivity contribution in [3.05, 3.63) is 0 Å². The first-order valence-corrected chi connectivity index (χ1v) is 3.94. The number of hydrogen-bond acceptors (Lipinski definition) is 2. The van der Waals surface area contributed by atoms with Crippen molar-refractivity contribution in [3.8, 4) is 0 Å². The molecule has 1 rings (SSSR count). The molecule has 0 unspecified atom stereocenters. The van der Waals surface area contributed by atoms with Gasteiger partial charge in [-0.25, -0.2) is 0 Å². The van der Waals surface area contributed by atoms with Crippen molar-refractivity contribution >= 4 is 0 Å². The minimum atomic E-state index is 0.396. The third kappa shape index (κ3) is 1.50. The zero-order chi connectivity index (χ0) is 7.61. The summed E-state index contributed by atoms with van der Waals surface area (Å²) in [6.07, 6.45) is 1.11. The number of nitrogens with two attached hydrogens (primary N) is 1. The molecule has 0 aliphatic carbocycles. The first kappa shape index (κ1) is 8.02. The fraction of sp³-hybridized carbons (Fsp3) is 1.00. The van der Waals surface area contributed by atoms with Crippen molar-refractivity contribution in [1.82, 2.24) is 0 Å². The van der Waals surface area contributed by atoms with Gasteiger partial charge in [0.15, 0.2) is 0 Å². The molecule has 0 bridgehead atoms. The molecule has 0 atom stereocenters.